The molecule has 2 heterocycles. The van der Waals surface area contributed by atoms with E-state index in [1.54, 1.807) is 11.9 Å². The Hall–Kier alpha value is -2.04. The Bertz CT molecular complexity index is 735. The first-order chi connectivity index (χ1) is 13.6. The van der Waals surface area contributed by atoms with Crippen LogP contribution in [0.1, 0.15) is 19.3 Å². The van der Waals surface area contributed by atoms with Gasteiger partial charge in [0.1, 0.15) is 5.75 Å². The third kappa shape index (κ3) is 5.74. The van der Waals surface area contributed by atoms with Gasteiger partial charge in [-0.05, 0) is 31.4 Å². The number of amides is 1. The Morgan fingerprint density at radius 3 is 2.72 bits per heavy atom. The number of carbonyl (C=O) groups is 2. The maximum Gasteiger partial charge on any atom is 0.308 e. The van der Waals surface area contributed by atoms with Crippen LogP contribution in [0.5, 0.6) is 5.75 Å². The maximum atomic E-state index is 12.2. The fraction of sp³-hybridized carbons (Fsp3) is 0.550. The number of esters is 1. The molecule has 29 heavy (non-hydrogen) atoms. The lowest BCUT2D eigenvalue weighted by molar-refractivity contribution is -0.146. The average Bonchev–Trinajstić information content (AvgIpc) is 2.74. The molecule has 1 aromatic carbocycles. The first-order valence-corrected chi connectivity index (χ1v) is 9.69. The summed E-state index contributed by atoms with van der Waals surface area (Å²) in [5.74, 6) is 1.41. The van der Waals surface area contributed by atoms with Gasteiger partial charge >= 0.3 is 5.97 Å². The number of ether oxygens (including phenoxy) is 2. The summed E-state index contributed by atoms with van der Waals surface area (Å²) in [5, 5.41) is 3.37. The molecule has 0 saturated carbocycles. The van der Waals surface area contributed by atoms with Gasteiger partial charge in [0, 0.05) is 33.2 Å². The number of fused-ring (bicyclic) bond motifs is 1. The number of para-hydroxylation sites is 2. The summed E-state index contributed by atoms with van der Waals surface area (Å²) in [4.78, 5) is 32.2. The van der Waals surface area contributed by atoms with E-state index in [0.717, 1.165) is 49.7 Å². The maximum absolute atomic E-state index is 12.2. The Morgan fingerprint density at radius 1 is 1.31 bits per heavy atom. The van der Waals surface area contributed by atoms with Crippen LogP contribution in [0.25, 0.3) is 0 Å². The van der Waals surface area contributed by atoms with Gasteiger partial charge in [-0.25, -0.2) is 0 Å². The summed E-state index contributed by atoms with van der Waals surface area (Å²) in [5.41, 5.74) is 0.827. The van der Waals surface area contributed by atoms with Gasteiger partial charge in [-0.3, -0.25) is 14.6 Å². The molecule has 1 amide bonds. The Balaban J connectivity index is 0.00000300. The third-order valence-electron chi connectivity index (χ3n) is 5.19. The topological polar surface area (TPSA) is 83.5 Å². The molecule has 1 fully saturated rings. The molecule has 0 unspecified atom stereocenters. The first kappa shape index (κ1) is 23.2. The van der Waals surface area contributed by atoms with E-state index in [4.69, 9.17) is 9.47 Å². The predicted octanol–water partition coefficient (Wildman–Crippen LogP) is 1.88. The SMILES string of the molecule is CN=C(NCCCN1C(=O)COc2ccccc21)N1CCC(C(=O)OC)CC1.I. The van der Waals surface area contributed by atoms with Crippen molar-refractivity contribution >= 4 is 47.5 Å². The molecule has 0 atom stereocenters. The van der Waals surface area contributed by atoms with Crippen molar-refractivity contribution in [2.24, 2.45) is 10.9 Å². The van der Waals surface area contributed by atoms with Crippen LogP contribution < -0.4 is 15.0 Å². The van der Waals surface area contributed by atoms with Gasteiger partial charge in [-0.2, -0.15) is 0 Å². The molecular weight excluding hydrogens is 487 g/mol. The lowest BCUT2D eigenvalue weighted by Crippen LogP contribution is -2.47. The van der Waals surface area contributed by atoms with Crippen molar-refractivity contribution in [3.8, 4) is 5.75 Å². The minimum absolute atomic E-state index is 0. The summed E-state index contributed by atoms with van der Waals surface area (Å²) in [6, 6.07) is 7.60. The van der Waals surface area contributed by atoms with Crippen LogP contribution in [0.4, 0.5) is 5.69 Å². The van der Waals surface area contributed by atoms with E-state index < -0.39 is 0 Å². The number of anilines is 1. The Kier molecular flexibility index (Phi) is 8.99. The second-order valence-corrected chi connectivity index (χ2v) is 6.91. The minimum Gasteiger partial charge on any atom is -0.482 e. The third-order valence-corrected chi connectivity index (χ3v) is 5.19. The van der Waals surface area contributed by atoms with Gasteiger partial charge in [0.15, 0.2) is 12.6 Å². The first-order valence-electron chi connectivity index (χ1n) is 9.69. The number of hydrogen-bond acceptors (Lipinski definition) is 5. The molecule has 2 aliphatic rings. The molecule has 3 rings (SSSR count). The van der Waals surface area contributed by atoms with E-state index in [-0.39, 0.29) is 48.4 Å². The number of nitrogens with zero attached hydrogens (tertiary/aromatic N) is 3. The van der Waals surface area contributed by atoms with Crippen molar-refractivity contribution in [1.29, 1.82) is 0 Å². The van der Waals surface area contributed by atoms with Crippen LogP contribution in [-0.4, -0.2) is 69.7 Å². The zero-order valence-electron chi connectivity index (χ0n) is 16.9. The molecule has 2 aliphatic heterocycles. The lowest BCUT2D eigenvalue weighted by Gasteiger charge is -2.33. The molecular formula is C20H29IN4O4. The smallest absolute Gasteiger partial charge is 0.308 e. The number of rotatable bonds is 5. The highest BCUT2D eigenvalue weighted by atomic mass is 127. The van der Waals surface area contributed by atoms with Crippen LogP contribution in [0.15, 0.2) is 29.3 Å². The van der Waals surface area contributed by atoms with Crippen LogP contribution in [0, 0.1) is 5.92 Å². The van der Waals surface area contributed by atoms with Crippen molar-refractivity contribution in [3.63, 3.8) is 0 Å². The monoisotopic (exact) mass is 516 g/mol. The van der Waals surface area contributed by atoms with E-state index in [1.165, 1.54) is 7.11 Å². The standard InChI is InChI=1S/C20H28N4O4.HI/c1-21-20(23-12-8-15(9-13-23)19(26)27-2)22-10-5-11-24-16-6-3-4-7-17(16)28-14-18(24)25;/h3-4,6-7,15H,5,8-14H2,1-2H3,(H,21,22);1H. The largest absolute Gasteiger partial charge is 0.482 e. The molecule has 0 aromatic heterocycles. The molecule has 160 valence electrons. The highest BCUT2D eigenvalue weighted by Crippen LogP contribution is 2.31. The molecule has 9 heteroatoms. The molecule has 0 aliphatic carbocycles. The van der Waals surface area contributed by atoms with Gasteiger partial charge in [-0.15, -0.1) is 24.0 Å². The summed E-state index contributed by atoms with van der Waals surface area (Å²) in [6.07, 6.45) is 2.33. The average molecular weight is 516 g/mol. The number of halogens is 1. The van der Waals surface area contributed by atoms with Crippen molar-refractivity contribution in [3.05, 3.63) is 24.3 Å². The molecule has 1 N–H and O–H groups in total. The van der Waals surface area contributed by atoms with Gasteiger partial charge in [0.2, 0.25) is 0 Å². The summed E-state index contributed by atoms with van der Waals surface area (Å²) in [7, 11) is 3.20. The fourth-order valence-corrected chi connectivity index (χ4v) is 3.66. The number of nitrogens with one attached hydrogen (secondary N) is 1. The minimum atomic E-state index is -0.127. The van der Waals surface area contributed by atoms with Crippen LogP contribution in [0.3, 0.4) is 0 Å². The molecule has 0 spiro atoms. The predicted molar refractivity (Wildman–Crippen MR) is 122 cm³/mol. The molecule has 0 radical (unpaired) electrons. The van der Waals surface area contributed by atoms with Gasteiger partial charge in [-0.1, -0.05) is 12.1 Å². The van der Waals surface area contributed by atoms with Crippen LogP contribution in [0.2, 0.25) is 0 Å². The molecule has 8 nitrogen and oxygen atoms in total. The molecule has 1 saturated heterocycles. The highest BCUT2D eigenvalue weighted by Gasteiger charge is 2.27. The van der Waals surface area contributed by atoms with Crippen LogP contribution in [-0.2, 0) is 14.3 Å². The number of likely N-dealkylation sites (tertiary alicyclic amines) is 1. The normalized spacial score (nSPS) is 17.2. The van der Waals surface area contributed by atoms with Crippen molar-refractivity contribution in [1.82, 2.24) is 10.2 Å². The Labute approximate surface area is 188 Å². The fourth-order valence-electron chi connectivity index (χ4n) is 3.66. The van der Waals surface area contributed by atoms with E-state index in [2.05, 4.69) is 15.2 Å². The zero-order valence-corrected chi connectivity index (χ0v) is 19.3. The van der Waals surface area contributed by atoms with Crippen molar-refractivity contribution in [2.45, 2.75) is 19.3 Å². The van der Waals surface area contributed by atoms with Crippen molar-refractivity contribution < 1.29 is 19.1 Å². The summed E-state index contributed by atoms with van der Waals surface area (Å²) in [6.45, 7) is 2.95. The summed E-state index contributed by atoms with van der Waals surface area (Å²) >= 11 is 0. The number of piperidine rings is 1. The van der Waals surface area contributed by atoms with Gasteiger partial charge in [0.05, 0.1) is 18.7 Å². The molecule has 1 aromatic rings. The highest BCUT2D eigenvalue weighted by molar-refractivity contribution is 14.0. The second kappa shape index (κ2) is 11.2. The van der Waals surface area contributed by atoms with E-state index in [9.17, 15) is 9.59 Å². The quantitative estimate of drug-likeness (QED) is 0.212. The second-order valence-electron chi connectivity index (χ2n) is 6.91. The van der Waals surface area contributed by atoms with E-state index in [1.807, 2.05) is 24.3 Å². The van der Waals surface area contributed by atoms with Crippen LogP contribution >= 0.6 is 24.0 Å². The van der Waals surface area contributed by atoms with E-state index in [0.29, 0.717) is 13.1 Å². The number of guanidine groups is 1. The number of hydrogen-bond donors (Lipinski definition) is 1. The number of methoxy groups -OCH3 is 1. The van der Waals surface area contributed by atoms with Gasteiger partial charge in [0.25, 0.3) is 5.91 Å². The Morgan fingerprint density at radius 2 is 2.03 bits per heavy atom. The zero-order chi connectivity index (χ0) is 19.9. The molecule has 0 bridgehead atoms. The van der Waals surface area contributed by atoms with Gasteiger partial charge < -0.3 is 24.6 Å². The lowest BCUT2D eigenvalue weighted by atomic mass is 9.97. The number of aliphatic imine (C=N–C) groups is 1. The van der Waals surface area contributed by atoms with Crippen molar-refractivity contribution in [2.75, 3.05) is 51.8 Å². The van der Waals surface area contributed by atoms with E-state index >= 15 is 0 Å². The number of carbonyl (C=O) groups excluding carboxylic acids is 2. The number of benzene rings is 1. The summed E-state index contributed by atoms with van der Waals surface area (Å²) < 4.78 is 10.3.